The highest BCUT2D eigenvalue weighted by atomic mass is 15.2. The molecule has 5 aliphatic rings. The van der Waals surface area contributed by atoms with E-state index in [1.807, 2.05) is 0 Å². The Hall–Kier alpha value is -4.24. The summed E-state index contributed by atoms with van der Waals surface area (Å²) in [5.41, 5.74) is 26.0. The van der Waals surface area contributed by atoms with E-state index >= 15 is 0 Å². The van der Waals surface area contributed by atoms with E-state index < -0.39 is 0 Å². The third-order valence-electron chi connectivity index (χ3n) is 17.8. The molecule has 0 saturated carbocycles. The summed E-state index contributed by atoms with van der Waals surface area (Å²) < 4.78 is 0. The molecule has 0 atom stereocenters. The summed E-state index contributed by atoms with van der Waals surface area (Å²) in [5, 5.41) is 0. The molecule has 0 N–H and O–H groups in total. The second-order valence-electron chi connectivity index (χ2n) is 27.7. The Morgan fingerprint density at radius 2 is 0.862 bits per heavy atom. The van der Waals surface area contributed by atoms with Crippen LogP contribution in [0.3, 0.4) is 0 Å². The maximum atomic E-state index is 2.77. The molecule has 0 radical (unpaired) electrons. The summed E-state index contributed by atoms with van der Waals surface area (Å²) in [4.78, 5) is 5.46. The second-order valence-corrected chi connectivity index (χ2v) is 27.7. The van der Waals surface area contributed by atoms with Crippen LogP contribution in [0.1, 0.15) is 207 Å². The number of aryl methyl sites for hydroxylation is 1. The van der Waals surface area contributed by atoms with Gasteiger partial charge in [-0.2, -0.15) is 0 Å². The van der Waals surface area contributed by atoms with Gasteiger partial charge in [-0.25, -0.2) is 0 Å². The van der Waals surface area contributed by atoms with Crippen LogP contribution in [0.2, 0.25) is 0 Å². The van der Waals surface area contributed by atoms with Gasteiger partial charge < -0.3 is 9.80 Å². The van der Waals surface area contributed by atoms with Crippen LogP contribution < -0.4 is 26.2 Å². The van der Waals surface area contributed by atoms with Gasteiger partial charge in [0.2, 0.25) is 0 Å². The molecule has 5 aromatic carbocycles. The average Bonchev–Trinajstić information content (AvgIpc) is 3.38. The summed E-state index contributed by atoms with van der Waals surface area (Å²) in [5.74, 6) is 0. The number of hydrogen-bond acceptors (Lipinski definition) is 2. The van der Waals surface area contributed by atoms with E-state index in [0.29, 0.717) is 0 Å². The van der Waals surface area contributed by atoms with Gasteiger partial charge in [-0.3, -0.25) is 0 Å². The van der Waals surface area contributed by atoms with Gasteiger partial charge in [-0.15, -0.1) is 0 Å². The van der Waals surface area contributed by atoms with E-state index in [2.05, 4.69) is 214 Å². The number of anilines is 6. The summed E-state index contributed by atoms with van der Waals surface area (Å²) in [6, 6.07) is 30.9. The molecule has 340 valence electrons. The number of hydrogen-bond donors (Lipinski definition) is 0. The Bertz CT molecular complexity index is 2840. The molecule has 3 aliphatic carbocycles. The fraction of sp³-hybridized carbons (Fsp3) is 0.516. The van der Waals surface area contributed by atoms with Crippen molar-refractivity contribution >= 4 is 57.2 Å². The van der Waals surface area contributed by atoms with Crippen LogP contribution in [0.5, 0.6) is 0 Å². The highest BCUT2D eigenvalue weighted by Gasteiger charge is 2.50. The number of rotatable bonds is 2. The van der Waals surface area contributed by atoms with E-state index in [1.54, 1.807) is 0 Å². The van der Waals surface area contributed by atoms with Gasteiger partial charge in [-0.1, -0.05) is 155 Å². The quantitative estimate of drug-likeness (QED) is 0.160. The molecule has 0 amide bonds. The monoisotopic (exact) mass is 863 g/mol. The minimum Gasteiger partial charge on any atom is -0.311 e. The normalized spacial score (nSPS) is 21.2. The molecule has 2 aliphatic heterocycles. The van der Waals surface area contributed by atoms with Crippen molar-refractivity contribution in [2.45, 2.75) is 207 Å². The molecule has 2 heterocycles. The predicted octanol–water partition coefficient (Wildman–Crippen LogP) is 15.3. The van der Waals surface area contributed by atoms with Gasteiger partial charge in [0, 0.05) is 34.1 Å². The van der Waals surface area contributed by atoms with Crippen molar-refractivity contribution in [2.24, 2.45) is 0 Å². The van der Waals surface area contributed by atoms with Crippen molar-refractivity contribution in [3.05, 3.63) is 123 Å². The topological polar surface area (TPSA) is 6.48 Å². The molecular formula is C62H79BN2. The van der Waals surface area contributed by atoms with E-state index in [4.69, 9.17) is 0 Å². The van der Waals surface area contributed by atoms with E-state index in [-0.39, 0.29) is 50.0 Å². The fourth-order valence-electron chi connectivity index (χ4n) is 13.6. The molecule has 5 aromatic rings. The number of benzene rings is 5. The molecule has 0 saturated heterocycles. The molecule has 3 heteroatoms. The standard InChI is InChI=1S/C62H79BN2/c1-37-28-42-45(60(14,15)27-26-58(42,10)11)34-50(37)65-51-35-46-44(61(16,17)36-62(46,18)19)33-48(51)63-47-29-38(55(2,3)4)20-23-49(47)64(52-30-39(56(5,6)7)31-53(65)54(52)63)40-21-22-41-43(32-40)59(12,13)25-24-57(41,8)9/h20-23,28-35H,24-27,36H2,1-19H3. The van der Waals surface area contributed by atoms with E-state index in [9.17, 15) is 0 Å². The summed E-state index contributed by atoms with van der Waals surface area (Å²) in [7, 11) is 0. The largest absolute Gasteiger partial charge is 0.311 e. The van der Waals surface area contributed by atoms with Crippen molar-refractivity contribution < 1.29 is 0 Å². The number of fused-ring (bicyclic) bond motifs is 7. The molecule has 0 aromatic heterocycles. The van der Waals surface area contributed by atoms with Crippen molar-refractivity contribution in [1.82, 2.24) is 0 Å². The first-order valence-corrected chi connectivity index (χ1v) is 25.3. The first-order chi connectivity index (χ1) is 29.8. The van der Waals surface area contributed by atoms with Gasteiger partial charge in [0.15, 0.2) is 0 Å². The Morgan fingerprint density at radius 3 is 1.43 bits per heavy atom. The zero-order valence-corrected chi connectivity index (χ0v) is 43.9. The fourth-order valence-corrected chi connectivity index (χ4v) is 13.6. The number of nitrogens with zero attached hydrogens (tertiary/aromatic N) is 2. The van der Waals surface area contributed by atoms with Crippen LogP contribution in [0.4, 0.5) is 34.1 Å². The van der Waals surface area contributed by atoms with Gasteiger partial charge in [-0.05, 0) is 191 Å². The Kier molecular flexibility index (Phi) is 9.24. The lowest BCUT2D eigenvalue weighted by Gasteiger charge is -2.47. The first kappa shape index (κ1) is 44.6. The minimum atomic E-state index is -0.0856. The molecule has 10 rings (SSSR count). The highest BCUT2D eigenvalue weighted by Crippen LogP contribution is 2.56. The summed E-state index contributed by atoms with van der Waals surface area (Å²) >= 11 is 0. The van der Waals surface area contributed by atoms with E-state index in [0.717, 1.165) is 6.42 Å². The van der Waals surface area contributed by atoms with Gasteiger partial charge in [0.25, 0.3) is 6.71 Å². The summed E-state index contributed by atoms with van der Waals surface area (Å²) in [6.45, 7) is 46.6. The SMILES string of the molecule is Cc1cc2c(cc1N1c3cc4c(cc3B3c5cc(C(C)(C)C)ccc5N(c5ccc6c(c5)C(C)(C)CCC6(C)C)c5cc(C(C)(C)C)cc1c53)C(C)(C)CC4(C)C)C(C)(C)CCC2(C)C. The lowest BCUT2D eigenvalue weighted by atomic mass is 9.33. The second kappa shape index (κ2) is 13.5. The summed E-state index contributed by atoms with van der Waals surface area (Å²) in [6.07, 6.45) is 5.94. The van der Waals surface area contributed by atoms with E-state index in [1.165, 1.54) is 126 Å². The molecule has 0 spiro atoms. The van der Waals surface area contributed by atoms with Crippen LogP contribution in [0.15, 0.2) is 72.8 Å². The van der Waals surface area contributed by atoms with Crippen molar-refractivity contribution in [3.8, 4) is 0 Å². The maximum Gasteiger partial charge on any atom is 0.252 e. The molecule has 0 unspecified atom stereocenters. The van der Waals surface area contributed by atoms with Crippen molar-refractivity contribution in [2.75, 3.05) is 9.80 Å². The van der Waals surface area contributed by atoms with Crippen LogP contribution in [-0.2, 0) is 43.3 Å². The third kappa shape index (κ3) is 6.60. The van der Waals surface area contributed by atoms with Gasteiger partial charge in [0.05, 0.1) is 0 Å². The Morgan fingerprint density at radius 1 is 0.400 bits per heavy atom. The van der Waals surface area contributed by atoms with Crippen LogP contribution in [-0.4, -0.2) is 6.71 Å². The van der Waals surface area contributed by atoms with Crippen molar-refractivity contribution in [1.29, 1.82) is 0 Å². The lowest BCUT2D eigenvalue weighted by molar-refractivity contribution is 0.332. The Balaban J connectivity index is 1.36. The minimum absolute atomic E-state index is 0.00517. The third-order valence-corrected chi connectivity index (χ3v) is 17.8. The van der Waals surface area contributed by atoms with Crippen LogP contribution in [0.25, 0.3) is 0 Å². The van der Waals surface area contributed by atoms with Crippen molar-refractivity contribution in [3.63, 3.8) is 0 Å². The zero-order valence-electron chi connectivity index (χ0n) is 43.9. The molecular weight excluding hydrogens is 784 g/mol. The highest BCUT2D eigenvalue weighted by molar-refractivity contribution is 7.00. The average molecular weight is 863 g/mol. The molecule has 65 heavy (non-hydrogen) atoms. The Labute approximate surface area is 395 Å². The van der Waals surface area contributed by atoms with Gasteiger partial charge in [0.1, 0.15) is 0 Å². The van der Waals surface area contributed by atoms with Crippen LogP contribution >= 0.6 is 0 Å². The predicted molar refractivity (Wildman–Crippen MR) is 284 cm³/mol. The molecule has 2 nitrogen and oxygen atoms in total. The zero-order chi connectivity index (χ0) is 47.1. The molecule has 0 fully saturated rings. The smallest absolute Gasteiger partial charge is 0.252 e. The maximum absolute atomic E-state index is 2.77. The first-order valence-electron chi connectivity index (χ1n) is 25.3. The van der Waals surface area contributed by atoms with Crippen LogP contribution in [0, 0.1) is 6.92 Å². The van der Waals surface area contributed by atoms with Gasteiger partial charge >= 0.3 is 0 Å². The lowest BCUT2D eigenvalue weighted by Crippen LogP contribution is -2.62. The molecule has 0 bridgehead atoms.